The topological polar surface area (TPSA) is 107 Å². The predicted molar refractivity (Wildman–Crippen MR) is 81.1 cm³/mol. The van der Waals surface area contributed by atoms with Crippen molar-refractivity contribution in [1.29, 1.82) is 0 Å². The molecule has 0 aromatic carbocycles. The summed E-state index contributed by atoms with van der Waals surface area (Å²) >= 11 is 1.09. The molecular formula is C13H21N3O3S. The highest BCUT2D eigenvalue weighted by Crippen LogP contribution is 2.37. The van der Waals surface area contributed by atoms with Gasteiger partial charge in [-0.15, -0.1) is 11.3 Å². The van der Waals surface area contributed by atoms with Gasteiger partial charge in [0.05, 0.1) is 12.8 Å². The highest BCUT2D eigenvalue weighted by Gasteiger charge is 2.26. The summed E-state index contributed by atoms with van der Waals surface area (Å²) in [5.74, 6) is -0.860. The van der Waals surface area contributed by atoms with Crippen molar-refractivity contribution >= 4 is 33.9 Å². The zero-order valence-corrected chi connectivity index (χ0v) is 13.0. The van der Waals surface area contributed by atoms with Crippen LogP contribution in [0.1, 0.15) is 47.2 Å². The van der Waals surface area contributed by atoms with Crippen molar-refractivity contribution in [3.05, 3.63) is 10.4 Å². The standard InChI is InChI=1S/C13H21N3O3S/c1-5-7(6(2)3)16-12-8(13(18)19-4)9(14)10(20-12)11(15)17/h6-7,16H,5,14H2,1-4H3,(H2,15,17). The minimum Gasteiger partial charge on any atom is -0.465 e. The van der Waals surface area contributed by atoms with Crippen molar-refractivity contribution in [2.45, 2.75) is 33.2 Å². The molecule has 0 radical (unpaired) electrons. The summed E-state index contributed by atoms with van der Waals surface area (Å²) in [6, 6.07) is 0.164. The third kappa shape index (κ3) is 3.22. The van der Waals surface area contributed by atoms with Crippen LogP contribution in [0.25, 0.3) is 0 Å². The first kappa shape index (κ1) is 16.3. The number of anilines is 2. The van der Waals surface area contributed by atoms with Crippen LogP contribution in [0.3, 0.4) is 0 Å². The van der Waals surface area contributed by atoms with Crippen molar-refractivity contribution < 1.29 is 14.3 Å². The number of primary amides is 1. The number of nitrogens with one attached hydrogen (secondary N) is 1. The van der Waals surface area contributed by atoms with Crippen molar-refractivity contribution in [2.75, 3.05) is 18.2 Å². The fourth-order valence-electron chi connectivity index (χ4n) is 1.94. The second-order valence-corrected chi connectivity index (χ2v) is 5.83. The normalized spacial score (nSPS) is 12.2. The number of carbonyl (C=O) groups excluding carboxylic acids is 2. The first-order chi connectivity index (χ1) is 9.33. The second-order valence-electron chi connectivity index (χ2n) is 4.81. The third-order valence-electron chi connectivity index (χ3n) is 3.12. The van der Waals surface area contributed by atoms with Gasteiger partial charge >= 0.3 is 5.97 Å². The average molecular weight is 299 g/mol. The van der Waals surface area contributed by atoms with E-state index in [4.69, 9.17) is 16.2 Å². The Bertz CT molecular complexity index is 511. The molecule has 0 aliphatic carbocycles. The lowest BCUT2D eigenvalue weighted by molar-refractivity contribution is 0.0603. The molecule has 0 fully saturated rings. The van der Waals surface area contributed by atoms with Crippen LogP contribution >= 0.6 is 11.3 Å². The summed E-state index contributed by atoms with van der Waals surface area (Å²) in [6.45, 7) is 6.19. The second kappa shape index (κ2) is 6.60. The third-order valence-corrected chi connectivity index (χ3v) is 4.27. The lowest BCUT2D eigenvalue weighted by atomic mass is 10.0. The van der Waals surface area contributed by atoms with E-state index < -0.39 is 11.9 Å². The highest BCUT2D eigenvalue weighted by molar-refractivity contribution is 7.19. The Balaban J connectivity index is 3.26. The molecule has 0 aliphatic heterocycles. The van der Waals surface area contributed by atoms with Crippen LogP contribution in [-0.4, -0.2) is 25.0 Å². The SMILES string of the molecule is CCC(Nc1sc(C(N)=O)c(N)c1C(=O)OC)C(C)C. The number of nitrogens with two attached hydrogens (primary N) is 2. The highest BCUT2D eigenvalue weighted by atomic mass is 32.1. The van der Waals surface area contributed by atoms with E-state index in [9.17, 15) is 9.59 Å². The van der Waals surface area contributed by atoms with Crippen LogP contribution in [-0.2, 0) is 4.74 Å². The minimum absolute atomic E-state index is 0.0791. The van der Waals surface area contributed by atoms with Crippen molar-refractivity contribution in [1.82, 2.24) is 0 Å². The average Bonchev–Trinajstić information content (AvgIpc) is 2.71. The van der Waals surface area contributed by atoms with Gasteiger partial charge in [-0.3, -0.25) is 4.79 Å². The monoisotopic (exact) mass is 299 g/mol. The number of rotatable bonds is 6. The molecule has 1 atom stereocenters. The molecule has 20 heavy (non-hydrogen) atoms. The van der Waals surface area contributed by atoms with Crippen molar-refractivity contribution in [2.24, 2.45) is 11.7 Å². The lowest BCUT2D eigenvalue weighted by Gasteiger charge is -2.21. The molecular weight excluding hydrogens is 278 g/mol. The largest absolute Gasteiger partial charge is 0.465 e. The summed E-state index contributed by atoms with van der Waals surface area (Å²) in [4.78, 5) is 23.4. The number of nitrogen functional groups attached to an aromatic ring is 1. The van der Waals surface area contributed by atoms with Crippen LogP contribution in [0.15, 0.2) is 0 Å². The van der Waals surface area contributed by atoms with E-state index >= 15 is 0 Å². The Morgan fingerprint density at radius 3 is 2.40 bits per heavy atom. The summed E-state index contributed by atoms with van der Waals surface area (Å²) in [5.41, 5.74) is 11.4. The smallest absolute Gasteiger partial charge is 0.343 e. The summed E-state index contributed by atoms with van der Waals surface area (Å²) < 4.78 is 4.72. The van der Waals surface area contributed by atoms with E-state index in [-0.39, 0.29) is 22.2 Å². The van der Waals surface area contributed by atoms with Gasteiger partial charge in [-0.25, -0.2) is 4.79 Å². The first-order valence-corrected chi connectivity index (χ1v) is 7.21. The number of thiophene rings is 1. The van der Waals surface area contributed by atoms with E-state index in [1.165, 1.54) is 7.11 Å². The maximum atomic E-state index is 11.8. The Hall–Kier alpha value is -1.76. The van der Waals surface area contributed by atoms with E-state index in [1.54, 1.807) is 0 Å². The zero-order valence-electron chi connectivity index (χ0n) is 12.1. The number of ether oxygens (including phenoxy) is 1. The molecule has 1 unspecified atom stereocenters. The van der Waals surface area contributed by atoms with Crippen LogP contribution in [0.5, 0.6) is 0 Å². The van der Waals surface area contributed by atoms with E-state index in [1.807, 2.05) is 6.92 Å². The van der Waals surface area contributed by atoms with Gasteiger partial charge in [0.1, 0.15) is 15.4 Å². The maximum Gasteiger partial charge on any atom is 0.343 e. The summed E-state index contributed by atoms with van der Waals surface area (Å²) in [6.07, 6.45) is 0.877. The van der Waals surface area contributed by atoms with Gasteiger partial charge in [0.2, 0.25) is 0 Å². The van der Waals surface area contributed by atoms with Crippen LogP contribution in [0.4, 0.5) is 10.7 Å². The van der Waals surface area contributed by atoms with E-state index in [0.717, 1.165) is 17.8 Å². The number of hydrogen-bond acceptors (Lipinski definition) is 6. The molecule has 7 heteroatoms. The molecule has 6 nitrogen and oxygen atoms in total. The summed E-state index contributed by atoms with van der Waals surface area (Å²) in [5, 5.41) is 3.79. The summed E-state index contributed by atoms with van der Waals surface area (Å²) in [7, 11) is 1.27. The molecule has 1 aromatic heterocycles. The Labute approximate surface area is 122 Å². The molecule has 0 saturated carbocycles. The Morgan fingerprint density at radius 1 is 1.40 bits per heavy atom. The molecule has 1 rings (SSSR count). The van der Waals surface area contributed by atoms with Crippen molar-refractivity contribution in [3.8, 4) is 0 Å². The maximum absolute atomic E-state index is 11.8. The Morgan fingerprint density at radius 2 is 2.00 bits per heavy atom. The number of amides is 1. The molecule has 0 bridgehead atoms. The van der Waals surface area contributed by atoms with Gasteiger partial charge in [-0.05, 0) is 12.3 Å². The predicted octanol–water partition coefficient (Wildman–Crippen LogP) is 2.06. The molecule has 1 heterocycles. The molecule has 0 aliphatic rings. The first-order valence-electron chi connectivity index (χ1n) is 6.40. The molecule has 1 aromatic rings. The number of methoxy groups -OCH3 is 1. The number of carbonyl (C=O) groups is 2. The van der Waals surface area contributed by atoms with E-state index in [0.29, 0.717) is 10.9 Å². The zero-order chi connectivity index (χ0) is 15.4. The van der Waals surface area contributed by atoms with Crippen LogP contribution in [0.2, 0.25) is 0 Å². The molecule has 0 spiro atoms. The van der Waals surface area contributed by atoms with Crippen LogP contribution in [0, 0.1) is 5.92 Å². The fraction of sp³-hybridized carbons (Fsp3) is 0.538. The Kier molecular flexibility index (Phi) is 5.38. The van der Waals surface area contributed by atoms with Gasteiger partial charge in [-0.2, -0.15) is 0 Å². The van der Waals surface area contributed by atoms with Gasteiger partial charge in [0.15, 0.2) is 0 Å². The molecule has 1 amide bonds. The number of hydrogen-bond donors (Lipinski definition) is 3. The van der Waals surface area contributed by atoms with Gasteiger partial charge in [0.25, 0.3) is 5.91 Å². The van der Waals surface area contributed by atoms with Crippen molar-refractivity contribution in [3.63, 3.8) is 0 Å². The number of esters is 1. The quantitative estimate of drug-likeness (QED) is 0.697. The van der Waals surface area contributed by atoms with Gasteiger partial charge in [0, 0.05) is 6.04 Å². The van der Waals surface area contributed by atoms with E-state index in [2.05, 4.69) is 19.2 Å². The van der Waals surface area contributed by atoms with Crippen LogP contribution < -0.4 is 16.8 Å². The lowest BCUT2D eigenvalue weighted by Crippen LogP contribution is -2.25. The van der Waals surface area contributed by atoms with Gasteiger partial charge < -0.3 is 21.5 Å². The minimum atomic E-state index is -0.650. The molecule has 5 N–H and O–H groups in total. The molecule has 112 valence electrons. The fourth-order valence-corrected chi connectivity index (χ4v) is 2.96. The van der Waals surface area contributed by atoms with Gasteiger partial charge in [-0.1, -0.05) is 20.8 Å². The molecule has 0 saturated heterocycles.